The maximum Gasteiger partial charge on any atom is 2.00 e. The Hall–Kier alpha value is 0.463. The van der Waals surface area contributed by atoms with Crippen LogP contribution < -0.4 is 10.5 Å². The van der Waals surface area contributed by atoms with E-state index in [0.717, 1.165) is 0 Å². The van der Waals surface area contributed by atoms with E-state index in [1.807, 2.05) is 0 Å². The Kier molecular flexibility index (Phi) is 894. The minimum absolute atomic E-state index is 0. The molecule has 5 heavy (non-hydrogen) atoms. The molecule has 0 unspecified atom stereocenters. The predicted molar refractivity (Wildman–Crippen MR) is 5.26 cm³/mol. The van der Waals surface area contributed by atoms with Crippen LogP contribution in [-0.4, -0.2) is 10.5 Å². The van der Waals surface area contributed by atoms with Gasteiger partial charge in [0.1, 0.15) is 0 Å². The van der Waals surface area contributed by atoms with E-state index in [9.17, 15) is 0 Å². The van der Waals surface area contributed by atoms with Crippen molar-refractivity contribution in [2.45, 2.75) is 0 Å². The van der Waals surface area contributed by atoms with Gasteiger partial charge in [0.05, 0.1) is 0 Å². The zero-order valence-corrected chi connectivity index (χ0v) is 5.39. The molecule has 2 N–H and O–H groups in total. The third kappa shape index (κ3) is 126. The molecule has 0 fully saturated rings. The molecule has 0 aliphatic carbocycles. The maximum atomic E-state index is 7.00. The summed E-state index contributed by atoms with van der Waals surface area (Å²) in [5.41, 5.74) is 0. The molecule has 0 bridgehead atoms. The van der Waals surface area contributed by atoms with Crippen molar-refractivity contribution >= 4 is 0 Å². The zero-order valence-electron chi connectivity index (χ0n) is 2.42. The first kappa shape index (κ1) is 17.9. The molecule has 28 valence electrons. The Balaban J connectivity index is -0.0000000133. The van der Waals surface area contributed by atoms with Crippen molar-refractivity contribution in [2.75, 3.05) is 0 Å². The second-order valence-corrected chi connectivity index (χ2v) is 0. The van der Waals surface area contributed by atoms with Gasteiger partial charge in [0, 0.05) is 0 Å². The van der Waals surface area contributed by atoms with Gasteiger partial charge in [0.2, 0.25) is 0 Å². The summed E-state index contributed by atoms with van der Waals surface area (Å²) in [4.78, 5) is 0. The third-order valence-electron chi connectivity index (χ3n) is 0. The van der Waals surface area contributed by atoms with Gasteiger partial charge in [-0.25, -0.2) is 0 Å². The van der Waals surface area contributed by atoms with Gasteiger partial charge in [-0.2, -0.15) is 0 Å². The smallest absolute Gasteiger partial charge is 1.00 e. The van der Waals surface area contributed by atoms with Crippen LogP contribution in [0.1, 0.15) is 0 Å². The fourth-order valence-corrected chi connectivity index (χ4v) is 0. The largest absolute Gasteiger partial charge is 2.00 e. The molecule has 0 aliphatic heterocycles. The number of rotatable bonds is 0. The molecule has 0 aromatic carbocycles. The van der Waals surface area contributed by atoms with Crippen LogP contribution in [0, 0.1) is 0 Å². The van der Waals surface area contributed by atoms with Crippen LogP contribution >= 0.6 is 0 Å². The van der Waals surface area contributed by atoms with Crippen LogP contribution in [0.2, 0.25) is 0 Å². The second-order valence-electron chi connectivity index (χ2n) is 0. The summed E-state index contributed by atoms with van der Waals surface area (Å²) in [7, 11) is 0. The molecule has 0 heterocycles. The van der Waals surface area contributed by atoms with E-state index in [2.05, 4.69) is 0 Å². The molecular formula is H2O4Zn. The molecule has 0 aromatic rings. The number of hydrogen-bond donors (Lipinski definition) is 2. The molecule has 5 heteroatoms. The van der Waals surface area contributed by atoms with E-state index < -0.39 is 0 Å². The van der Waals surface area contributed by atoms with Crippen LogP contribution in [0.5, 0.6) is 0 Å². The van der Waals surface area contributed by atoms with Gasteiger partial charge in [-0.3, -0.25) is 10.5 Å². The molecular weight excluding hydrogens is 129 g/mol. The summed E-state index contributed by atoms with van der Waals surface area (Å²) < 4.78 is 0. The molecule has 0 amide bonds. The predicted octanol–water partition coefficient (Wildman–Crippen LogP) is -2.36. The van der Waals surface area contributed by atoms with E-state index in [1.54, 1.807) is 0 Å². The average Bonchev–Trinajstić information content (AvgIpc) is 1.50. The minimum Gasteiger partial charge on any atom is -1.00 e. The normalized spacial score (nSPS) is 2.40. The van der Waals surface area contributed by atoms with Crippen LogP contribution in [0.3, 0.4) is 0 Å². The van der Waals surface area contributed by atoms with Crippen LogP contribution in [0.4, 0.5) is 0 Å². The summed E-state index contributed by atoms with van der Waals surface area (Å²) in [6.07, 6.45) is 0. The molecule has 0 spiro atoms. The Morgan fingerprint density at radius 2 is 1.00 bits per heavy atom. The van der Waals surface area contributed by atoms with Crippen LogP contribution in [0.25, 0.3) is 0 Å². The van der Waals surface area contributed by atoms with Crippen molar-refractivity contribution in [1.82, 2.24) is 0 Å². The van der Waals surface area contributed by atoms with Gasteiger partial charge in [-0.15, -0.1) is 0 Å². The first-order valence-corrected chi connectivity index (χ1v) is 0.367. The quantitative estimate of drug-likeness (QED) is 0.219. The molecule has 0 saturated carbocycles. The van der Waals surface area contributed by atoms with E-state index >= 15 is 0 Å². The molecule has 0 aromatic heterocycles. The maximum absolute atomic E-state index is 7.00. The fourth-order valence-electron chi connectivity index (χ4n) is 0. The summed E-state index contributed by atoms with van der Waals surface area (Å²) in [5.74, 6) is 0. The molecule has 0 aliphatic rings. The Morgan fingerprint density at radius 1 is 1.00 bits per heavy atom. The second kappa shape index (κ2) is 249. The summed E-state index contributed by atoms with van der Waals surface area (Å²) >= 11 is 0. The van der Waals surface area contributed by atoms with E-state index in [4.69, 9.17) is 21.0 Å². The molecule has 0 atom stereocenters. The van der Waals surface area contributed by atoms with Crippen molar-refractivity contribution < 1.29 is 40.5 Å². The van der Waals surface area contributed by atoms with Gasteiger partial charge in [-0.1, -0.05) is 0 Å². The average molecular weight is 131 g/mol. The Bertz CT molecular complexity index is 3.61. The van der Waals surface area contributed by atoms with E-state index in [-0.39, 0.29) is 19.5 Å². The van der Waals surface area contributed by atoms with Crippen molar-refractivity contribution in [2.24, 2.45) is 0 Å². The van der Waals surface area contributed by atoms with Gasteiger partial charge in [0.15, 0.2) is 0 Å². The Labute approximate surface area is 41.3 Å². The monoisotopic (exact) mass is 130 g/mol. The summed E-state index contributed by atoms with van der Waals surface area (Å²) in [5, 5.41) is 26.0. The van der Waals surface area contributed by atoms with Gasteiger partial charge in [-0.05, 0) is 0 Å². The third-order valence-corrected chi connectivity index (χ3v) is 0. The van der Waals surface area contributed by atoms with Crippen molar-refractivity contribution in [3.8, 4) is 0 Å². The van der Waals surface area contributed by atoms with Crippen molar-refractivity contribution in [3.05, 3.63) is 0 Å². The Morgan fingerprint density at radius 3 is 1.00 bits per heavy atom. The van der Waals surface area contributed by atoms with E-state index in [0.29, 0.717) is 0 Å². The van der Waals surface area contributed by atoms with Crippen molar-refractivity contribution in [1.29, 1.82) is 0 Å². The first-order valence-electron chi connectivity index (χ1n) is 0.367. The van der Waals surface area contributed by atoms with Crippen LogP contribution in [0.15, 0.2) is 0 Å². The van der Waals surface area contributed by atoms with Gasteiger partial charge >= 0.3 is 19.5 Å². The molecule has 0 saturated heterocycles. The van der Waals surface area contributed by atoms with Gasteiger partial charge in [0.25, 0.3) is 0 Å². The first-order chi connectivity index (χ1) is 2.00. The summed E-state index contributed by atoms with van der Waals surface area (Å²) in [6.45, 7) is 0. The summed E-state index contributed by atoms with van der Waals surface area (Å²) in [6, 6.07) is 0. The number of hydrogen-bond acceptors (Lipinski definition) is 4. The standard InChI is InChI=1S/H2O2.O2.Zn/c2*1-2;/h1-2H;;/q;-2;+2. The molecule has 0 radical (unpaired) electrons. The SMILES string of the molecule is OO.[O-][O-].[Zn+2]. The van der Waals surface area contributed by atoms with Gasteiger partial charge < -0.3 is 10.5 Å². The fraction of sp³-hybridized carbons (Fsp3) is 0. The van der Waals surface area contributed by atoms with E-state index in [1.165, 1.54) is 0 Å². The molecule has 4 nitrogen and oxygen atoms in total. The minimum atomic E-state index is 0. The topological polar surface area (TPSA) is 86.6 Å². The van der Waals surface area contributed by atoms with Crippen LogP contribution in [-0.2, 0) is 19.5 Å². The van der Waals surface area contributed by atoms with Crippen molar-refractivity contribution in [3.63, 3.8) is 0 Å². The molecule has 0 rings (SSSR count). The zero-order chi connectivity index (χ0) is 4.00.